The molecule has 0 radical (unpaired) electrons. The number of nitrogens with one attached hydrogen (secondary N) is 1. The lowest BCUT2D eigenvalue weighted by atomic mass is 10.0. The normalized spacial score (nSPS) is 21.3. The third kappa shape index (κ3) is 2.31. The first-order valence-electron chi connectivity index (χ1n) is 7.43. The second-order valence-electron chi connectivity index (χ2n) is 5.48. The van der Waals surface area contributed by atoms with Gasteiger partial charge in [0, 0.05) is 6.61 Å². The summed E-state index contributed by atoms with van der Waals surface area (Å²) in [4.78, 5) is 0. The highest BCUT2D eigenvalue weighted by atomic mass is 16.5. The molecule has 2 atom stereocenters. The highest BCUT2D eigenvalue weighted by Crippen LogP contribution is 2.30. The summed E-state index contributed by atoms with van der Waals surface area (Å²) in [6.45, 7) is 2.65. The largest absolute Gasteiger partial charge is 0.371 e. The van der Waals surface area contributed by atoms with Crippen molar-refractivity contribution in [2.24, 2.45) is 0 Å². The van der Waals surface area contributed by atoms with E-state index in [1.54, 1.807) is 4.52 Å². The summed E-state index contributed by atoms with van der Waals surface area (Å²) in [6, 6.07) is 14.4. The van der Waals surface area contributed by atoms with Crippen molar-refractivity contribution in [1.82, 2.24) is 19.8 Å². The first-order valence-corrected chi connectivity index (χ1v) is 7.43. The van der Waals surface area contributed by atoms with Crippen LogP contribution < -0.4 is 5.32 Å². The van der Waals surface area contributed by atoms with Crippen LogP contribution >= 0.6 is 0 Å². The Morgan fingerprint density at radius 1 is 1.14 bits per heavy atom. The molecule has 0 saturated carbocycles. The van der Waals surface area contributed by atoms with E-state index in [9.17, 15) is 0 Å². The van der Waals surface area contributed by atoms with Crippen LogP contribution in [0.15, 0.2) is 42.5 Å². The number of fused-ring (bicyclic) bond motifs is 1. The zero-order valence-corrected chi connectivity index (χ0v) is 12.3. The summed E-state index contributed by atoms with van der Waals surface area (Å²) in [5, 5.41) is 16.1. The predicted molar refractivity (Wildman–Crippen MR) is 82.7 cm³/mol. The van der Waals surface area contributed by atoms with E-state index in [1.165, 1.54) is 5.56 Å². The lowest BCUT2D eigenvalue weighted by Gasteiger charge is -2.20. The van der Waals surface area contributed by atoms with Crippen molar-refractivity contribution in [3.8, 4) is 0 Å². The van der Waals surface area contributed by atoms with Gasteiger partial charge >= 0.3 is 0 Å². The molecule has 0 amide bonds. The van der Waals surface area contributed by atoms with Gasteiger partial charge in [-0.05, 0) is 31.0 Å². The van der Waals surface area contributed by atoms with E-state index in [0.29, 0.717) is 0 Å². The number of rotatable bonds is 3. The van der Waals surface area contributed by atoms with E-state index in [0.717, 1.165) is 30.3 Å². The van der Waals surface area contributed by atoms with Gasteiger partial charge in [0.15, 0.2) is 11.5 Å². The Bertz CT molecular complexity index is 786. The summed E-state index contributed by atoms with van der Waals surface area (Å²) in [6.07, 6.45) is 1.01. The zero-order chi connectivity index (χ0) is 14.9. The van der Waals surface area contributed by atoms with Crippen LogP contribution in [0.3, 0.4) is 0 Å². The Labute approximate surface area is 128 Å². The molecule has 1 fully saturated rings. The van der Waals surface area contributed by atoms with E-state index < -0.39 is 0 Å². The fourth-order valence-corrected chi connectivity index (χ4v) is 2.87. The fraction of sp³-hybridized carbons (Fsp3) is 0.312. The van der Waals surface area contributed by atoms with Crippen LogP contribution in [0.2, 0.25) is 0 Å². The predicted octanol–water partition coefficient (Wildman–Crippen LogP) is 2.37. The molecule has 0 bridgehead atoms. The van der Waals surface area contributed by atoms with Crippen molar-refractivity contribution in [2.45, 2.75) is 25.5 Å². The number of hydrogen-bond donors (Lipinski definition) is 1. The monoisotopic (exact) mass is 295 g/mol. The fourth-order valence-electron chi connectivity index (χ4n) is 2.87. The standard InChI is InChI=1S/C16H17N5O/c1-11-18-19-15-8-7-14(20-21(11)15)17-13-9-10-22-16(13)12-5-3-2-4-6-12/h2-8,13,16H,9-10H2,1H3,(H,17,20)/t13-,16-/m0/s1. The molecule has 3 heterocycles. The molecule has 1 N–H and O–H groups in total. The van der Waals surface area contributed by atoms with Crippen molar-refractivity contribution in [2.75, 3.05) is 11.9 Å². The van der Waals surface area contributed by atoms with Gasteiger partial charge in [-0.15, -0.1) is 15.3 Å². The van der Waals surface area contributed by atoms with E-state index >= 15 is 0 Å². The maximum absolute atomic E-state index is 5.90. The average molecular weight is 295 g/mol. The number of nitrogens with zero attached hydrogens (tertiary/aromatic N) is 4. The van der Waals surface area contributed by atoms with Crippen LogP contribution in [0.1, 0.15) is 23.9 Å². The molecule has 1 aliphatic rings. The number of ether oxygens (including phenoxy) is 1. The summed E-state index contributed by atoms with van der Waals surface area (Å²) >= 11 is 0. The average Bonchev–Trinajstić information content (AvgIpc) is 3.16. The summed E-state index contributed by atoms with van der Waals surface area (Å²) < 4.78 is 7.64. The summed E-state index contributed by atoms with van der Waals surface area (Å²) in [7, 11) is 0. The molecule has 3 aromatic rings. The molecule has 1 saturated heterocycles. The van der Waals surface area contributed by atoms with E-state index in [-0.39, 0.29) is 12.1 Å². The van der Waals surface area contributed by atoms with Gasteiger partial charge in [0.05, 0.1) is 6.04 Å². The van der Waals surface area contributed by atoms with Gasteiger partial charge in [-0.2, -0.15) is 4.52 Å². The Kier molecular flexibility index (Phi) is 3.23. The molecule has 4 rings (SSSR count). The SMILES string of the molecule is Cc1nnc2ccc(N[C@H]3CCO[C@H]3c3ccccc3)nn12. The maximum Gasteiger partial charge on any atom is 0.178 e. The van der Waals surface area contributed by atoms with Crippen LogP contribution in [-0.2, 0) is 4.74 Å². The number of benzene rings is 1. The lowest BCUT2D eigenvalue weighted by Crippen LogP contribution is -2.24. The van der Waals surface area contributed by atoms with Crippen molar-refractivity contribution in [3.05, 3.63) is 53.9 Å². The van der Waals surface area contributed by atoms with Gasteiger partial charge < -0.3 is 10.1 Å². The molecule has 112 valence electrons. The van der Waals surface area contributed by atoms with Crippen molar-refractivity contribution >= 4 is 11.5 Å². The van der Waals surface area contributed by atoms with Gasteiger partial charge in [0.25, 0.3) is 0 Å². The highest BCUT2D eigenvalue weighted by molar-refractivity contribution is 5.45. The van der Waals surface area contributed by atoms with Gasteiger partial charge in [-0.3, -0.25) is 0 Å². The van der Waals surface area contributed by atoms with Crippen LogP contribution in [0.4, 0.5) is 5.82 Å². The minimum absolute atomic E-state index is 0.0562. The number of aryl methyl sites for hydroxylation is 1. The Balaban J connectivity index is 1.59. The lowest BCUT2D eigenvalue weighted by molar-refractivity contribution is 0.107. The molecule has 0 unspecified atom stereocenters. The maximum atomic E-state index is 5.90. The molecule has 1 aliphatic heterocycles. The summed E-state index contributed by atoms with van der Waals surface area (Å²) in [5.41, 5.74) is 1.95. The van der Waals surface area contributed by atoms with Crippen molar-refractivity contribution in [1.29, 1.82) is 0 Å². The molecule has 0 aliphatic carbocycles. The molecule has 22 heavy (non-hydrogen) atoms. The third-order valence-electron chi connectivity index (χ3n) is 3.97. The molecule has 0 spiro atoms. The molecule has 6 nitrogen and oxygen atoms in total. The number of anilines is 1. The van der Waals surface area contributed by atoms with Gasteiger partial charge in [0.2, 0.25) is 0 Å². The van der Waals surface area contributed by atoms with E-state index in [1.807, 2.05) is 37.3 Å². The molecular formula is C16H17N5O. The minimum atomic E-state index is 0.0562. The second-order valence-corrected chi connectivity index (χ2v) is 5.48. The first kappa shape index (κ1) is 13.2. The Hall–Kier alpha value is -2.47. The number of hydrogen-bond acceptors (Lipinski definition) is 5. The molecule has 1 aromatic carbocycles. The number of aromatic nitrogens is 4. The van der Waals surface area contributed by atoms with Crippen molar-refractivity contribution in [3.63, 3.8) is 0 Å². The molecule has 2 aromatic heterocycles. The van der Waals surface area contributed by atoms with Gasteiger partial charge in [-0.1, -0.05) is 30.3 Å². The van der Waals surface area contributed by atoms with Crippen LogP contribution in [0.25, 0.3) is 5.65 Å². The molecule has 6 heteroatoms. The summed E-state index contributed by atoms with van der Waals surface area (Å²) in [5.74, 6) is 1.59. The second kappa shape index (κ2) is 5.38. The Morgan fingerprint density at radius 2 is 2.00 bits per heavy atom. The van der Waals surface area contributed by atoms with Crippen molar-refractivity contribution < 1.29 is 4.74 Å². The third-order valence-corrected chi connectivity index (χ3v) is 3.97. The minimum Gasteiger partial charge on any atom is -0.371 e. The van der Waals surface area contributed by atoms with Crippen LogP contribution in [0.5, 0.6) is 0 Å². The van der Waals surface area contributed by atoms with Gasteiger partial charge in [-0.25, -0.2) is 0 Å². The van der Waals surface area contributed by atoms with Gasteiger partial charge in [0.1, 0.15) is 11.9 Å². The molecular weight excluding hydrogens is 278 g/mol. The topological polar surface area (TPSA) is 64.3 Å². The van der Waals surface area contributed by atoms with Crippen LogP contribution in [0, 0.1) is 6.92 Å². The highest BCUT2D eigenvalue weighted by Gasteiger charge is 2.29. The first-order chi connectivity index (χ1) is 10.8. The Morgan fingerprint density at radius 3 is 2.86 bits per heavy atom. The van der Waals surface area contributed by atoms with Crippen LogP contribution in [-0.4, -0.2) is 32.5 Å². The quantitative estimate of drug-likeness (QED) is 0.803. The zero-order valence-electron chi connectivity index (χ0n) is 12.3. The van der Waals surface area contributed by atoms with E-state index in [4.69, 9.17) is 4.74 Å². The van der Waals surface area contributed by atoms with E-state index in [2.05, 4.69) is 32.7 Å². The smallest absolute Gasteiger partial charge is 0.178 e.